The molecule has 4 N–H and O–H groups in total. The number of amides is 1. The second-order valence-corrected chi connectivity index (χ2v) is 3.22. The number of carbonyl (C=O) groups is 1. The maximum Gasteiger partial charge on any atom is 0.239 e. The van der Waals surface area contributed by atoms with E-state index in [1.165, 1.54) is 0 Å². The van der Waals surface area contributed by atoms with Crippen LogP contribution < -0.4 is 11.5 Å². The summed E-state index contributed by atoms with van der Waals surface area (Å²) in [5, 5.41) is 0. The first kappa shape index (κ1) is 9.48. The summed E-state index contributed by atoms with van der Waals surface area (Å²) in [5.41, 5.74) is 11.0. The van der Waals surface area contributed by atoms with Crippen molar-refractivity contribution in [3.05, 3.63) is 0 Å². The predicted molar refractivity (Wildman–Crippen MR) is 47.5 cm³/mol. The summed E-state index contributed by atoms with van der Waals surface area (Å²) in [6.45, 7) is 2.38. The minimum absolute atomic E-state index is 0.0923. The van der Waals surface area contributed by atoms with Gasteiger partial charge in [0.25, 0.3) is 0 Å². The van der Waals surface area contributed by atoms with Gasteiger partial charge in [0.2, 0.25) is 5.91 Å². The number of rotatable bonds is 4. The molecule has 1 heterocycles. The molecular formula is C8H17N3O. The standard InChI is InChI=1S/C8H17N3O/c9-4-1-3-7(10)8(12)11-5-2-6-11/h7H,1-6,9-10H2. The molecule has 0 radical (unpaired) electrons. The van der Waals surface area contributed by atoms with E-state index in [0.717, 1.165) is 25.9 Å². The zero-order valence-electron chi connectivity index (χ0n) is 7.33. The Kier molecular flexibility index (Phi) is 3.49. The van der Waals surface area contributed by atoms with Crippen molar-refractivity contribution in [2.45, 2.75) is 25.3 Å². The summed E-state index contributed by atoms with van der Waals surface area (Å²) < 4.78 is 0. The van der Waals surface area contributed by atoms with Crippen LogP contribution in [0.3, 0.4) is 0 Å². The third-order valence-electron chi connectivity index (χ3n) is 2.20. The molecule has 1 fully saturated rings. The quantitative estimate of drug-likeness (QED) is 0.586. The van der Waals surface area contributed by atoms with Crippen LogP contribution in [0, 0.1) is 0 Å². The molecule has 1 atom stereocenters. The molecule has 0 aliphatic carbocycles. The van der Waals surface area contributed by atoms with Crippen molar-refractivity contribution in [3.63, 3.8) is 0 Å². The maximum absolute atomic E-state index is 11.4. The van der Waals surface area contributed by atoms with Gasteiger partial charge >= 0.3 is 0 Å². The molecule has 1 rings (SSSR count). The van der Waals surface area contributed by atoms with Gasteiger partial charge in [0.1, 0.15) is 0 Å². The monoisotopic (exact) mass is 171 g/mol. The predicted octanol–water partition coefficient (Wildman–Crippen LogP) is -0.715. The average molecular weight is 171 g/mol. The first-order valence-corrected chi connectivity index (χ1v) is 4.50. The highest BCUT2D eigenvalue weighted by atomic mass is 16.2. The highest BCUT2D eigenvalue weighted by molar-refractivity contribution is 5.82. The molecule has 4 heteroatoms. The van der Waals surface area contributed by atoms with Gasteiger partial charge in [-0.1, -0.05) is 0 Å². The minimum atomic E-state index is -0.325. The first-order valence-electron chi connectivity index (χ1n) is 4.50. The van der Waals surface area contributed by atoms with E-state index in [0.29, 0.717) is 13.0 Å². The summed E-state index contributed by atoms with van der Waals surface area (Å²) in [6.07, 6.45) is 2.67. The van der Waals surface area contributed by atoms with Gasteiger partial charge in [0, 0.05) is 13.1 Å². The van der Waals surface area contributed by atoms with Crippen LogP contribution in [0.4, 0.5) is 0 Å². The summed E-state index contributed by atoms with van der Waals surface area (Å²) in [7, 11) is 0. The fraction of sp³-hybridized carbons (Fsp3) is 0.875. The van der Waals surface area contributed by atoms with Gasteiger partial charge in [-0.25, -0.2) is 0 Å². The summed E-state index contributed by atoms with van der Waals surface area (Å²) in [5.74, 6) is 0.0923. The number of likely N-dealkylation sites (tertiary alicyclic amines) is 1. The van der Waals surface area contributed by atoms with E-state index >= 15 is 0 Å². The van der Waals surface area contributed by atoms with Gasteiger partial charge in [0.05, 0.1) is 6.04 Å². The van der Waals surface area contributed by atoms with Crippen LogP contribution in [0.2, 0.25) is 0 Å². The highest BCUT2D eigenvalue weighted by Crippen LogP contribution is 2.08. The fourth-order valence-corrected chi connectivity index (χ4v) is 1.23. The number of carbonyl (C=O) groups excluding carboxylic acids is 1. The van der Waals surface area contributed by atoms with E-state index in [-0.39, 0.29) is 11.9 Å². The van der Waals surface area contributed by atoms with Gasteiger partial charge in [-0.2, -0.15) is 0 Å². The Morgan fingerprint density at radius 2 is 2.17 bits per heavy atom. The Labute approximate surface area is 72.9 Å². The van der Waals surface area contributed by atoms with E-state index in [2.05, 4.69) is 0 Å². The molecule has 0 aromatic carbocycles. The lowest BCUT2D eigenvalue weighted by molar-refractivity contribution is -0.136. The van der Waals surface area contributed by atoms with E-state index < -0.39 is 0 Å². The molecule has 70 valence electrons. The number of hydrogen-bond donors (Lipinski definition) is 2. The van der Waals surface area contributed by atoms with Crippen LogP contribution in [0.1, 0.15) is 19.3 Å². The van der Waals surface area contributed by atoms with Crippen molar-refractivity contribution in [2.24, 2.45) is 11.5 Å². The largest absolute Gasteiger partial charge is 0.341 e. The summed E-state index contributed by atoms with van der Waals surface area (Å²) in [4.78, 5) is 13.2. The van der Waals surface area contributed by atoms with Gasteiger partial charge in [-0.15, -0.1) is 0 Å². The lowest BCUT2D eigenvalue weighted by Crippen LogP contribution is -2.50. The number of hydrogen-bond acceptors (Lipinski definition) is 3. The first-order chi connectivity index (χ1) is 5.75. The molecule has 0 spiro atoms. The van der Waals surface area contributed by atoms with E-state index in [1.807, 2.05) is 0 Å². The van der Waals surface area contributed by atoms with Gasteiger partial charge in [0.15, 0.2) is 0 Å². The Morgan fingerprint density at radius 1 is 1.50 bits per heavy atom. The van der Waals surface area contributed by atoms with E-state index in [4.69, 9.17) is 11.5 Å². The molecule has 0 bridgehead atoms. The maximum atomic E-state index is 11.4. The normalized spacial score (nSPS) is 18.7. The minimum Gasteiger partial charge on any atom is -0.341 e. The third-order valence-corrected chi connectivity index (χ3v) is 2.20. The van der Waals surface area contributed by atoms with Crippen LogP contribution in [0.15, 0.2) is 0 Å². The zero-order valence-corrected chi connectivity index (χ0v) is 7.33. The summed E-state index contributed by atoms with van der Waals surface area (Å²) >= 11 is 0. The van der Waals surface area contributed by atoms with Crippen LogP contribution >= 0.6 is 0 Å². The molecule has 1 saturated heterocycles. The van der Waals surface area contributed by atoms with Crippen molar-refractivity contribution in [1.82, 2.24) is 4.90 Å². The zero-order chi connectivity index (χ0) is 8.97. The number of nitrogens with two attached hydrogens (primary N) is 2. The number of nitrogens with zero attached hydrogens (tertiary/aromatic N) is 1. The van der Waals surface area contributed by atoms with Crippen molar-refractivity contribution in [3.8, 4) is 0 Å². The van der Waals surface area contributed by atoms with Gasteiger partial charge < -0.3 is 16.4 Å². The van der Waals surface area contributed by atoms with Crippen molar-refractivity contribution in [1.29, 1.82) is 0 Å². The smallest absolute Gasteiger partial charge is 0.239 e. The molecule has 1 aliphatic heterocycles. The molecule has 1 unspecified atom stereocenters. The molecule has 0 aromatic heterocycles. The van der Waals surface area contributed by atoms with Crippen LogP contribution in [-0.2, 0) is 4.79 Å². The average Bonchev–Trinajstić information content (AvgIpc) is 1.96. The molecular weight excluding hydrogens is 154 g/mol. The SMILES string of the molecule is NCCCC(N)C(=O)N1CCC1. The molecule has 4 nitrogen and oxygen atoms in total. The lowest BCUT2D eigenvalue weighted by atomic mass is 10.1. The molecule has 12 heavy (non-hydrogen) atoms. The van der Waals surface area contributed by atoms with Gasteiger partial charge in [-0.05, 0) is 25.8 Å². The topological polar surface area (TPSA) is 72.3 Å². The van der Waals surface area contributed by atoms with Crippen molar-refractivity contribution >= 4 is 5.91 Å². The highest BCUT2D eigenvalue weighted by Gasteiger charge is 2.24. The fourth-order valence-electron chi connectivity index (χ4n) is 1.23. The van der Waals surface area contributed by atoms with Crippen LogP contribution in [0.25, 0.3) is 0 Å². The Hall–Kier alpha value is -0.610. The Morgan fingerprint density at radius 3 is 2.58 bits per heavy atom. The molecule has 1 aliphatic rings. The van der Waals surface area contributed by atoms with Crippen molar-refractivity contribution in [2.75, 3.05) is 19.6 Å². The second-order valence-electron chi connectivity index (χ2n) is 3.22. The van der Waals surface area contributed by atoms with Gasteiger partial charge in [-0.3, -0.25) is 4.79 Å². The van der Waals surface area contributed by atoms with Crippen LogP contribution in [0.5, 0.6) is 0 Å². The van der Waals surface area contributed by atoms with E-state index in [9.17, 15) is 4.79 Å². The Balaban J connectivity index is 2.20. The van der Waals surface area contributed by atoms with Crippen molar-refractivity contribution < 1.29 is 4.79 Å². The molecule has 0 saturated carbocycles. The summed E-state index contributed by atoms with van der Waals surface area (Å²) in [6, 6.07) is -0.325. The van der Waals surface area contributed by atoms with Crippen LogP contribution in [-0.4, -0.2) is 36.5 Å². The Bertz CT molecular complexity index is 156. The molecule has 0 aromatic rings. The molecule has 1 amide bonds. The lowest BCUT2D eigenvalue weighted by Gasteiger charge is -2.33. The van der Waals surface area contributed by atoms with E-state index in [1.54, 1.807) is 4.90 Å². The second kappa shape index (κ2) is 4.42. The third kappa shape index (κ3) is 2.19.